The summed E-state index contributed by atoms with van der Waals surface area (Å²) >= 11 is 0. The molecule has 2 heteroatoms. The summed E-state index contributed by atoms with van der Waals surface area (Å²) in [6, 6.07) is 6.46. The highest BCUT2D eigenvalue weighted by atomic mass is 14.9. The molecule has 0 radical (unpaired) electrons. The maximum Gasteiger partial charge on any atom is 0.0373 e. The molecular formula is C12H20N2. The monoisotopic (exact) mass is 192 g/mol. The van der Waals surface area contributed by atoms with Gasteiger partial charge in [0.25, 0.3) is 0 Å². The number of nitrogens with two attached hydrogens (primary N) is 1. The molecule has 0 amide bonds. The van der Waals surface area contributed by atoms with Gasteiger partial charge in [-0.1, -0.05) is 13.8 Å². The molecule has 0 bridgehead atoms. The van der Waals surface area contributed by atoms with Crippen LogP contribution in [0.25, 0.3) is 0 Å². The molecule has 0 fully saturated rings. The Balaban J connectivity index is 2.77. The van der Waals surface area contributed by atoms with Gasteiger partial charge in [0.2, 0.25) is 0 Å². The van der Waals surface area contributed by atoms with Crippen LogP contribution in [0.5, 0.6) is 0 Å². The number of aryl methyl sites for hydroxylation is 1. The van der Waals surface area contributed by atoms with E-state index in [0.717, 1.165) is 5.69 Å². The van der Waals surface area contributed by atoms with Gasteiger partial charge < -0.3 is 11.1 Å². The van der Waals surface area contributed by atoms with Crippen molar-refractivity contribution in [1.29, 1.82) is 0 Å². The third kappa shape index (κ3) is 2.66. The molecule has 0 aliphatic heterocycles. The van der Waals surface area contributed by atoms with E-state index in [1.807, 2.05) is 18.2 Å². The molecule has 0 heterocycles. The van der Waals surface area contributed by atoms with E-state index in [1.54, 1.807) is 0 Å². The van der Waals surface area contributed by atoms with Crippen LogP contribution in [0.1, 0.15) is 26.3 Å². The Morgan fingerprint density at radius 3 is 2.36 bits per heavy atom. The predicted octanol–water partition coefficient (Wildman–Crippen LogP) is 3.03. The first kappa shape index (κ1) is 10.9. The number of benzene rings is 1. The Morgan fingerprint density at radius 2 is 1.86 bits per heavy atom. The SMILES string of the molecule is Cc1cc(N)ccc1NC(C)C(C)C. The zero-order valence-corrected chi connectivity index (χ0v) is 9.46. The van der Waals surface area contributed by atoms with E-state index in [9.17, 15) is 0 Å². The fourth-order valence-electron chi connectivity index (χ4n) is 1.26. The largest absolute Gasteiger partial charge is 0.399 e. The number of hydrogen-bond donors (Lipinski definition) is 2. The Labute approximate surface area is 86.5 Å². The van der Waals surface area contributed by atoms with E-state index in [-0.39, 0.29) is 0 Å². The number of anilines is 2. The highest BCUT2D eigenvalue weighted by molar-refractivity contribution is 5.57. The third-order valence-electron chi connectivity index (χ3n) is 2.63. The lowest BCUT2D eigenvalue weighted by Crippen LogP contribution is -2.21. The van der Waals surface area contributed by atoms with Crippen molar-refractivity contribution in [2.24, 2.45) is 5.92 Å². The van der Waals surface area contributed by atoms with Crippen LogP contribution in [0.2, 0.25) is 0 Å². The van der Waals surface area contributed by atoms with Crippen molar-refractivity contribution >= 4 is 11.4 Å². The molecule has 0 aliphatic carbocycles. The fourth-order valence-corrected chi connectivity index (χ4v) is 1.26. The second kappa shape index (κ2) is 4.36. The summed E-state index contributed by atoms with van der Waals surface area (Å²) in [5.74, 6) is 0.631. The molecule has 0 saturated heterocycles. The second-order valence-corrected chi connectivity index (χ2v) is 4.25. The minimum atomic E-state index is 0.484. The molecule has 0 aliphatic rings. The third-order valence-corrected chi connectivity index (χ3v) is 2.63. The van der Waals surface area contributed by atoms with Crippen LogP contribution in [-0.2, 0) is 0 Å². The summed E-state index contributed by atoms with van der Waals surface area (Å²) < 4.78 is 0. The molecule has 0 spiro atoms. The van der Waals surface area contributed by atoms with Crippen LogP contribution in [0.3, 0.4) is 0 Å². The smallest absolute Gasteiger partial charge is 0.0373 e. The van der Waals surface area contributed by atoms with E-state index < -0.39 is 0 Å². The van der Waals surface area contributed by atoms with Crippen LogP contribution >= 0.6 is 0 Å². The van der Waals surface area contributed by atoms with Gasteiger partial charge in [0.15, 0.2) is 0 Å². The van der Waals surface area contributed by atoms with Crippen molar-refractivity contribution in [3.63, 3.8) is 0 Å². The summed E-state index contributed by atoms with van der Waals surface area (Å²) in [4.78, 5) is 0. The number of nitrogen functional groups attached to an aromatic ring is 1. The lowest BCUT2D eigenvalue weighted by molar-refractivity contribution is 0.560. The van der Waals surface area contributed by atoms with Crippen LogP contribution in [-0.4, -0.2) is 6.04 Å². The normalized spacial score (nSPS) is 12.9. The van der Waals surface area contributed by atoms with Gasteiger partial charge in [-0.2, -0.15) is 0 Å². The molecule has 0 saturated carbocycles. The molecule has 14 heavy (non-hydrogen) atoms. The summed E-state index contributed by atoms with van der Waals surface area (Å²) in [6.07, 6.45) is 0. The molecule has 2 nitrogen and oxygen atoms in total. The lowest BCUT2D eigenvalue weighted by atomic mass is 10.1. The molecule has 1 aromatic rings. The van der Waals surface area contributed by atoms with Gasteiger partial charge in [0, 0.05) is 17.4 Å². The first-order chi connectivity index (χ1) is 6.50. The zero-order chi connectivity index (χ0) is 10.7. The van der Waals surface area contributed by atoms with E-state index in [4.69, 9.17) is 5.73 Å². The zero-order valence-electron chi connectivity index (χ0n) is 9.46. The average Bonchev–Trinajstić information content (AvgIpc) is 2.09. The predicted molar refractivity (Wildman–Crippen MR) is 63.5 cm³/mol. The van der Waals surface area contributed by atoms with E-state index in [1.165, 1.54) is 11.3 Å². The average molecular weight is 192 g/mol. The molecule has 78 valence electrons. The van der Waals surface area contributed by atoms with Gasteiger partial charge in [-0.15, -0.1) is 0 Å². The molecule has 1 rings (SSSR count). The quantitative estimate of drug-likeness (QED) is 0.722. The van der Waals surface area contributed by atoms with Crippen molar-refractivity contribution < 1.29 is 0 Å². The molecule has 1 unspecified atom stereocenters. The van der Waals surface area contributed by atoms with Crippen molar-refractivity contribution in [3.8, 4) is 0 Å². The summed E-state index contributed by atoms with van der Waals surface area (Å²) in [7, 11) is 0. The van der Waals surface area contributed by atoms with Gasteiger partial charge in [-0.3, -0.25) is 0 Å². The van der Waals surface area contributed by atoms with Crippen molar-refractivity contribution in [2.45, 2.75) is 33.7 Å². The second-order valence-electron chi connectivity index (χ2n) is 4.25. The Morgan fingerprint density at radius 1 is 1.21 bits per heavy atom. The molecule has 1 aromatic carbocycles. The van der Waals surface area contributed by atoms with Gasteiger partial charge >= 0.3 is 0 Å². The first-order valence-electron chi connectivity index (χ1n) is 5.13. The lowest BCUT2D eigenvalue weighted by Gasteiger charge is -2.20. The maximum absolute atomic E-state index is 5.69. The van der Waals surface area contributed by atoms with Gasteiger partial charge in [-0.25, -0.2) is 0 Å². The molecule has 0 aromatic heterocycles. The Bertz CT molecular complexity index is 305. The summed E-state index contributed by atoms with van der Waals surface area (Å²) in [6.45, 7) is 8.70. The van der Waals surface area contributed by atoms with Crippen molar-refractivity contribution in [1.82, 2.24) is 0 Å². The Kier molecular flexibility index (Phi) is 3.39. The van der Waals surface area contributed by atoms with Gasteiger partial charge in [-0.05, 0) is 43.5 Å². The van der Waals surface area contributed by atoms with Gasteiger partial charge in [0.05, 0.1) is 0 Å². The highest BCUT2D eigenvalue weighted by Gasteiger charge is 2.07. The molecule has 1 atom stereocenters. The van der Waals surface area contributed by atoms with Crippen LogP contribution in [0.4, 0.5) is 11.4 Å². The number of rotatable bonds is 3. The standard InChI is InChI=1S/C12H20N2/c1-8(2)10(4)14-12-6-5-11(13)7-9(12)3/h5-8,10,14H,13H2,1-4H3. The minimum absolute atomic E-state index is 0.484. The van der Waals surface area contributed by atoms with Gasteiger partial charge in [0.1, 0.15) is 0 Å². The summed E-state index contributed by atoms with van der Waals surface area (Å²) in [5.41, 5.74) is 8.90. The number of hydrogen-bond acceptors (Lipinski definition) is 2. The van der Waals surface area contributed by atoms with Crippen molar-refractivity contribution in [2.75, 3.05) is 11.1 Å². The Hall–Kier alpha value is -1.18. The minimum Gasteiger partial charge on any atom is -0.399 e. The first-order valence-corrected chi connectivity index (χ1v) is 5.13. The van der Waals surface area contributed by atoms with Crippen LogP contribution < -0.4 is 11.1 Å². The summed E-state index contributed by atoms with van der Waals surface area (Å²) in [5, 5.41) is 3.48. The van der Waals surface area contributed by atoms with Crippen LogP contribution in [0, 0.1) is 12.8 Å². The highest BCUT2D eigenvalue weighted by Crippen LogP contribution is 2.19. The topological polar surface area (TPSA) is 38.0 Å². The number of nitrogens with one attached hydrogen (secondary N) is 1. The molecular weight excluding hydrogens is 172 g/mol. The van der Waals surface area contributed by atoms with Crippen LogP contribution in [0.15, 0.2) is 18.2 Å². The van der Waals surface area contributed by atoms with E-state index in [0.29, 0.717) is 12.0 Å². The van der Waals surface area contributed by atoms with E-state index in [2.05, 4.69) is 33.0 Å². The van der Waals surface area contributed by atoms with Crippen molar-refractivity contribution in [3.05, 3.63) is 23.8 Å². The fraction of sp³-hybridized carbons (Fsp3) is 0.500. The maximum atomic E-state index is 5.69. The van der Waals surface area contributed by atoms with E-state index >= 15 is 0 Å². The molecule has 3 N–H and O–H groups in total.